The number of hydrogen-bond donors (Lipinski definition) is 3. The molecule has 11 nitrogen and oxygen atoms in total. The standard InChI is InChI=1S/C23H20N4O7/c28-19(9-10-27-21(30)12-24-23(27)32)25-15-3-5-16(6-4-15)26-20(29)13-33-17-7-1-14-2-8-22(31)34-18(14)11-17/h1-8,11H,9-10,12-13H2,(H,24,32)(H,25,28)(H,26,29). The summed E-state index contributed by atoms with van der Waals surface area (Å²) in [6.45, 7) is -0.323. The molecule has 0 aliphatic carbocycles. The molecule has 1 aromatic heterocycles. The Morgan fingerprint density at radius 1 is 0.941 bits per heavy atom. The first-order valence-electron chi connectivity index (χ1n) is 10.3. The van der Waals surface area contributed by atoms with Crippen molar-refractivity contribution in [3.63, 3.8) is 0 Å². The molecule has 1 aliphatic heterocycles. The maximum absolute atomic E-state index is 12.2. The number of nitrogens with zero attached hydrogens (tertiary/aromatic N) is 1. The average Bonchev–Trinajstić information content (AvgIpc) is 3.14. The molecular weight excluding hydrogens is 444 g/mol. The molecule has 0 bridgehead atoms. The van der Waals surface area contributed by atoms with Crippen molar-refractivity contribution in [2.45, 2.75) is 6.42 Å². The fraction of sp³-hybridized carbons (Fsp3) is 0.174. The Bertz CT molecular complexity index is 1300. The smallest absolute Gasteiger partial charge is 0.336 e. The normalized spacial score (nSPS) is 13.0. The van der Waals surface area contributed by atoms with Crippen molar-refractivity contribution in [1.82, 2.24) is 10.2 Å². The molecule has 1 aliphatic rings. The van der Waals surface area contributed by atoms with Crippen LogP contribution >= 0.6 is 0 Å². The monoisotopic (exact) mass is 464 g/mol. The summed E-state index contributed by atoms with van der Waals surface area (Å²) in [5.74, 6) is -0.749. The van der Waals surface area contributed by atoms with Gasteiger partial charge in [0.15, 0.2) is 6.61 Å². The van der Waals surface area contributed by atoms with Crippen molar-refractivity contribution in [1.29, 1.82) is 0 Å². The van der Waals surface area contributed by atoms with Gasteiger partial charge in [0.1, 0.15) is 11.3 Å². The topological polar surface area (TPSA) is 147 Å². The molecule has 11 heteroatoms. The van der Waals surface area contributed by atoms with Crippen LogP contribution in [0.2, 0.25) is 0 Å². The van der Waals surface area contributed by atoms with E-state index in [0.29, 0.717) is 22.7 Å². The number of rotatable bonds is 8. The molecule has 0 radical (unpaired) electrons. The van der Waals surface area contributed by atoms with E-state index in [2.05, 4.69) is 16.0 Å². The highest BCUT2D eigenvalue weighted by Gasteiger charge is 2.28. The van der Waals surface area contributed by atoms with E-state index in [-0.39, 0.29) is 37.9 Å². The van der Waals surface area contributed by atoms with E-state index in [0.717, 1.165) is 10.3 Å². The Balaban J connectivity index is 1.24. The molecule has 34 heavy (non-hydrogen) atoms. The summed E-state index contributed by atoms with van der Waals surface area (Å²) in [5.41, 5.74) is 0.874. The first kappa shape index (κ1) is 22.5. The van der Waals surface area contributed by atoms with Crippen LogP contribution in [-0.4, -0.2) is 48.3 Å². The van der Waals surface area contributed by atoms with E-state index in [1.165, 1.54) is 12.1 Å². The van der Waals surface area contributed by atoms with E-state index in [9.17, 15) is 24.0 Å². The Hall–Kier alpha value is -4.67. The molecule has 0 atom stereocenters. The SMILES string of the molecule is O=C(CCN1C(=O)CNC1=O)Nc1ccc(NC(=O)COc2ccc3ccc(=O)oc3c2)cc1. The zero-order valence-electron chi connectivity index (χ0n) is 17.8. The third-order valence-electron chi connectivity index (χ3n) is 4.92. The highest BCUT2D eigenvalue weighted by atomic mass is 16.5. The van der Waals surface area contributed by atoms with Gasteiger partial charge in [-0.25, -0.2) is 9.59 Å². The lowest BCUT2D eigenvalue weighted by Crippen LogP contribution is -2.33. The Morgan fingerprint density at radius 3 is 2.29 bits per heavy atom. The molecule has 0 unspecified atom stereocenters. The lowest BCUT2D eigenvalue weighted by molar-refractivity contribution is -0.125. The molecule has 3 N–H and O–H groups in total. The highest BCUT2D eigenvalue weighted by molar-refractivity contribution is 6.02. The lowest BCUT2D eigenvalue weighted by Gasteiger charge is -2.12. The van der Waals surface area contributed by atoms with E-state index in [1.54, 1.807) is 42.5 Å². The van der Waals surface area contributed by atoms with Crippen LogP contribution in [0.4, 0.5) is 16.2 Å². The number of hydrogen-bond acceptors (Lipinski definition) is 7. The molecule has 2 heterocycles. The number of amides is 5. The first-order valence-corrected chi connectivity index (χ1v) is 10.3. The fourth-order valence-corrected chi connectivity index (χ4v) is 3.23. The summed E-state index contributed by atoms with van der Waals surface area (Å²) >= 11 is 0. The zero-order valence-corrected chi connectivity index (χ0v) is 17.8. The van der Waals surface area contributed by atoms with Gasteiger partial charge in [-0.3, -0.25) is 19.3 Å². The number of imide groups is 1. The van der Waals surface area contributed by atoms with Crippen LogP contribution in [0.5, 0.6) is 5.75 Å². The van der Waals surface area contributed by atoms with Crippen molar-refractivity contribution < 1.29 is 28.3 Å². The van der Waals surface area contributed by atoms with Crippen LogP contribution in [-0.2, 0) is 14.4 Å². The number of nitrogens with one attached hydrogen (secondary N) is 3. The molecule has 1 saturated heterocycles. The lowest BCUT2D eigenvalue weighted by atomic mass is 10.2. The van der Waals surface area contributed by atoms with Crippen LogP contribution < -0.4 is 26.3 Å². The van der Waals surface area contributed by atoms with Crippen LogP contribution in [0.1, 0.15) is 6.42 Å². The van der Waals surface area contributed by atoms with Crippen LogP contribution in [0, 0.1) is 0 Å². The minimum absolute atomic E-state index is 0.00596. The summed E-state index contributed by atoms with van der Waals surface area (Å²) in [6, 6.07) is 13.8. The number of fused-ring (bicyclic) bond motifs is 1. The van der Waals surface area contributed by atoms with Gasteiger partial charge in [0.25, 0.3) is 5.91 Å². The second-order valence-corrected chi connectivity index (χ2v) is 7.37. The summed E-state index contributed by atoms with van der Waals surface area (Å²) < 4.78 is 10.6. The van der Waals surface area contributed by atoms with Crippen LogP contribution in [0.3, 0.4) is 0 Å². The quantitative estimate of drug-likeness (QED) is 0.339. The molecule has 5 amide bonds. The average molecular weight is 464 g/mol. The molecule has 174 valence electrons. The number of carbonyl (C=O) groups excluding carboxylic acids is 4. The molecule has 3 aromatic rings. The van der Waals surface area contributed by atoms with Gasteiger partial charge < -0.3 is 25.1 Å². The highest BCUT2D eigenvalue weighted by Crippen LogP contribution is 2.20. The summed E-state index contributed by atoms with van der Waals surface area (Å²) in [4.78, 5) is 59.6. The third kappa shape index (κ3) is 5.57. The van der Waals surface area contributed by atoms with Crippen molar-refractivity contribution in [2.24, 2.45) is 0 Å². The van der Waals surface area contributed by atoms with Gasteiger partial charge in [0.2, 0.25) is 11.8 Å². The number of carbonyl (C=O) groups is 4. The van der Waals surface area contributed by atoms with Gasteiger partial charge in [-0.1, -0.05) is 0 Å². The summed E-state index contributed by atoms with van der Waals surface area (Å²) in [5, 5.41) is 8.46. The molecule has 2 aromatic carbocycles. The van der Waals surface area contributed by atoms with Crippen molar-refractivity contribution >= 4 is 46.1 Å². The van der Waals surface area contributed by atoms with Gasteiger partial charge in [0.05, 0.1) is 6.54 Å². The second kappa shape index (κ2) is 9.86. The van der Waals surface area contributed by atoms with E-state index < -0.39 is 17.6 Å². The van der Waals surface area contributed by atoms with Crippen LogP contribution in [0.25, 0.3) is 11.0 Å². The maximum Gasteiger partial charge on any atom is 0.336 e. The van der Waals surface area contributed by atoms with Crippen molar-refractivity contribution in [3.8, 4) is 5.75 Å². The van der Waals surface area contributed by atoms with E-state index >= 15 is 0 Å². The predicted octanol–water partition coefficient (Wildman–Crippen LogP) is 1.69. The van der Waals surface area contributed by atoms with Crippen molar-refractivity contribution in [2.75, 3.05) is 30.3 Å². The van der Waals surface area contributed by atoms with E-state index in [4.69, 9.17) is 9.15 Å². The summed E-state index contributed by atoms with van der Waals surface area (Å²) in [7, 11) is 0. The minimum atomic E-state index is -0.505. The largest absolute Gasteiger partial charge is 0.484 e. The van der Waals surface area contributed by atoms with E-state index in [1.807, 2.05) is 0 Å². The molecular formula is C23H20N4O7. The van der Waals surface area contributed by atoms with Gasteiger partial charge in [-0.2, -0.15) is 0 Å². The Morgan fingerprint density at radius 2 is 1.62 bits per heavy atom. The minimum Gasteiger partial charge on any atom is -0.484 e. The number of benzene rings is 2. The molecule has 4 rings (SSSR count). The first-order chi connectivity index (χ1) is 16.4. The maximum atomic E-state index is 12.2. The molecule has 0 saturated carbocycles. The fourth-order valence-electron chi connectivity index (χ4n) is 3.23. The van der Waals surface area contributed by atoms with Gasteiger partial charge in [-0.05, 0) is 42.5 Å². The summed E-state index contributed by atoms with van der Waals surface area (Å²) in [6.07, 6.45) is -0.0346. The zero-order chi connectivity index (χ0) is 24.1. The molecule has 1 fully saturated rings. The number of urea groups is 1. The van der Waals surface area contributed by atoms with Gasteiger partial charge in [0, 0.05) is 41.9 Å². The van der Waals surface area contributed by atoms with Crippen molar-refractivity contribution in [3.05, 3.63) is 65.0 Å². The van der Waals surface area contributed by atoms with Crippen LogP contribution in [0.15, 0.2) is 63.8 Å². The Labute approximate surface area is 192 Å². The number of anilines is 2. The Kier molecular flexibility index (Phi) is 6.53. The molecule has 0 spiro atoms. The number of ether oxygens (including phenoxy) is 1. The predicted molar refractivity (Wildman–Crippen MR) is 121 cm³/mol. The third-order valence-corrected chi connectivity index (χ3v) is 4.92. The van der Waals surface area contributed by atoms with Gasteiger partial charge in [-0.15, -0.1) is 0 Å². The second-order valence-electron chi connectivity index (χ2n) is 7.37. The van der Waals surface area contributed by atoms with Gasteiger partial charge >= 0.3 is 11.7 Å².